The van der Waals surface area contributed by atoms with Crippen LogP contribution in [0.2, 0.25) is 0 Å². The van der Waals surface area contributed by atoms with Gasteiger partial charge in [0.1, 0.15) is 11.2 Å². The molecule has 7 heteroatoms. The first-order chi connectivity index (χ1) is 8.66. The number of hydrogen-bond donors (Lipinski definition) is 1. The average molecular weight is 259 g/mol. The standard InChI is InChI=1S/C11H9N5OS/c1-6-7(3-2-4-8(6)12)10-15-16-9(17)5-13-14-11(16)18-10/h2-5H,12H2,1H3. The summed E-state index contributed by atoms with van der Waals surface area (Å²) in [5.74, 6) is 0. The molecule has 2 aromatic heterocycles. The predicted octanol–water partition coefficient (Wildman–Crippen LogP) is 1.10. The lowest BCUT2D eigenvalue weighted by atomic mass is 10.1. The average Bonchev–Trinajstić information content (AvgIpc) is 2.78. The number of nitrogen functional groups attached to an aromatic ring is 1. The van der Waals surface area contributed by atoms with Gasteiger partial charge in [0.25, 0.3) is 5.56 Å². The molecule has 0 atom stereocenters. The van der Waals surface area contributed by atoms with Crippen molar-refractivity contribution < 1.29 is 0 Å². The van der Waals surface area contributed by atoms with Crippen molar-refractivity contribution in [2.75, 3.05) is 5.73 Å². The molecule has 3 aromatic rings. The van der Waals surface area contributed by atoms with Crippen molar-refractivity contribution in [1.82, 2.24) is 19.8 Å². The Labute approximate surface area is 106 Å². The summed E-state index contributed by atoms with van der Waals surface area (Å²) in [5, 5.41) is 12.5. The molecule has 0 unspecified atom stereocenters. The number of rotatable bonds is 1. The smallest absolute Gasteiger partial charge is 0.293 e. The third-order valence-electron chi connectivity index (χ3n) is 2.69. The van der Waals surface area contributed by atoms with Crippen molar-refractivity contribution in [3.63, 3.8) is 0 Å². The Morgan fingerprint density at radius 1 is 1.39 bits per heavy atom. The maximum Gasteiger partial charge on any atom is 0.293 e. The summed E-state index contributed by atoms with van der Waals surface area (Å²) >= 11 is 1.31. The van der Waals surface area contributed by atoms with E-state index in [0.717, 1.165) is 17.3 Å². The zero-order valence-electron chi connectivity index (χ0n) is 9.49. The second-order valence-corrected chi connectivity index (χ2v) is 4.76. The molecule has 1 aromatic carbocycles. The Hall–Kier alpha value is -2.28. The monoisotopic (exact) mass is 259 g/mol. The van der Waals surface area contributed by atoms with Gasteiger partial charge in [-0.2, -0.15) is 14.7 Å². The Bertz CT molecular complexity index is 791. The van der Waals surface area contributed by atoms with Crippen molar-refractivity contribution in [1.29, 1.82) is 0 Å². The highest BCUT2D eigenvalue weighted by molar-refractivity contribution is 7.19. The molecule has 0 amide bonds. The van der Waals surface area contributed by atoms with E-state index >= 15 is 0 Å². The van der Waals surface area contributed by atoms with E-state index < -0.39 is 0 Å². The summed E-state index contributed by atoms with van der Waals surface area (Å²) in [6.45, 7) is 1.92. The number of benzene rings is 1. The molecule has 2 heterocycles. The number of anilines is 1. The van der Waals surface area contributed by atoms with Crippen molar-refractivity contribution in [3.8, 4) is 10.6 Å². The number of aromatic nitrogens is 4. The summed E-state index contributed by atoms with van der Waals surface area (Å²) in [6.07, 6.45) is 1.14. The van der Waals surface area contributed by atoms with Crippen LogP contribution in [0.1, 0.15) is 5.56 Å². The first-order valence-corrected chi connectivity index (χ1v) is 6.05. The molecule has 6 nitrogen and oxygen atoms in total. The molecular weight excluding hydrogens is 250 g/mol. The molecule has 0 spiro atoms. The summed E-state index contributed by atoms with van der Waals surface area (Å²) in [7, 11) is 0. The van der Waals surface area contributed by atoms with Crippen LogP contribution in [0.5, 0.6) is 0 Å². The molecule has 0 aliphatic rings. The van der Waals surface area contributed by atoms with Crippen LogP contribution in [0, 0.1) is 6.92 Å². The molecule has 18 heavy (non-hydrogen) atoms. The fraction of sp³-hybridized carbons (Fsp3) is 0.0909. The lowest BCUT2D eigenvalue weighted by Crippen LogP contribution is -2.14. The molecule has 3 rings (SSSR count). The SMILES string of the molecule is Cc1c(N)cccc1-c1nn2c(=O)cnnc2s1. The third kappa shape index (κ3) is 1.56. The second-order valence-electron chi connectivity index (χ2n) is 3.80. The highest BCUT2D eigenvalue weighted by Crippen LogP contribution is 2.29. The Morgan fingerprint density at radius 3 is 3.00 bits per heavy atom. The van der Waals surface area contributed by atoms with Crippen molar-refractivity contribution in [3.05, 3.63) is 40.3 Å². The number of hydrogen-bond acceptors (Lipinski definition) is 6. The molecule has 0 fully saturated rings. The van der Waals surface area contributed by atoms with Crippen LogP contribution in [0.3, 0.4) is 0 Å². The van der Waals surface area contributed by atoms with Crippen LogP contribution < -0.4 is 11.3 Å². The fourth-order valence-corrected chi connectivity index (χ4v) is 2.60. The second kappa shape index (κ2) is 3.88. The largest absolute Gasteiger partial charge is 0.398 e. The Morgan fingerprint density at radius 2 is 2.22 bits per heavy atom. The highest BCUT2D eigenvalue weighted by atomic mass is 32.1. The minimum absolute atomic E-state index is 0.288. The lowest BCUT2D eigenvalue weighted by molar-refractivity contribution is 0.856. The molecule has 0 saturated carbocycles. The zero-order valence-corrected chi connectivity index (χ0v) is 10.3. The number of nitrogens with zero attached hydrogens (tertiary/aromatic N) is 4. The molecule has 90 valence electrons. The zero-order chi connectivity index (χ0) is 12.7. The van der Waals surface area contributed by atoms with E-state index in [0.29, 0.717) is 15.7 Å². The maximum atomic E-state index is 11.6. The minimum atomic E-state index is -0.288. The van der Waals surface area contributed by atoms with Gasteiger partial charge in [0, 0.05) is 11.3 Å². The fourth-order valence-electron chi connectivity index (χ4n) is 1.67. The van der Waals surface area contributed by atoms with Crippen LogP contribution in [0.15, 0.2) is 29.2 Å². The molecule has 0 radical (unpaired) electrons. The van der Waals surface area contributed by atoms with Gasteiger partial charge in [-0.3, -0.25) is 4.79 Å². The first-order valence-electron chi connectivity index (χ1n) is 5.24. The topological polar surface area (TPSA) is 86.2 Å². The molecule has 0 saturated heterocycles. The van der Waals surface area contributed by atoms with Gasteiger partial charge in [-0.15, -0.1) is 5.10 Å². The van der Waals surface area contributed by atoms with Gasteiger partial charge in [-0.25, -0.2) is 0 Å². The van der Waals surface area contributed by atoms with Crippen molar-refractivity contribution in [2.45, 2.75) is 6.92 Å². The normalized spacial score (nSPS) is 10.9. The van der Waals surface area contributed by atoms with Crippen LogP contribution >= 0.6 is 11.3 Å². The van der Waals surface area contributed by atoms with Crippen LogP contribution in [-0.2, 0) is 0 Å². The lowest BCUT2D eigenvalue weighted by Gasteiger charge is -2.03. The van der Waals surface area contributed by atoms with Gasteiger partial charge in [-0.05, 0) is 18.6 Å². The summed E-state index contributed by atoms with van der Waals surface area (Å²) in [4.78, 5) is 12.0. The van der Waals surface area contributed by atoms with Gasteiger partial charge in [-0.1, -0.05) is 23.5 Å². The maximum absolute atomic E-state index is 11.6. The summed E-state index contributed by atoms with van der Waals surface area (Å²) < 4.78 is 1.25. The Balaban J connectivity index is 2.29. The molecular formula is C11H9N5OS. The third-order valence-corrected chi connectivity index (χ3v) is 3.62. The summed E-state index contributed by atoms with van der Waals surface area (Å²) in [6, 6.07) is 5.61. The van der Waals surface area contributed by atoms with E-state index in [9.17, 15) is 4.79 Å². The van der Waals surface area contributed by atoms with Crippen LogP contribution in [-0.4, -0.2) is 19.8 Å². The van der Waals surface area contributed by atoms with E-state index in [1.54, 1.807) is 0 Å². The van der Waals surface area contributed by atoms with Crippen LogP contribution in [0.25, 0.3) is 15.5 Å². The van der Waals surface area contributed by atoms with Gasteiger partial charge < -0.3 is 5.73 Å². The highest BCUT2D eigenvalue weighted by Gasteiger charge is 2.11. The van der Waals surface area contributed by atoms with Gasteiger partial charge >= 0.3 is 0 Å². The quantitative estimate of drug-likeness (QED) is 0.661. The van der Waals surface area contributed by atoms with Gasteiger partial charge in [0.05, 0.1) is 0 Å². The van der Waals surface area contributed by atoms with E-state index in [-0.39, 0.29) is 5.56 Å². The van der Waals surface area contributed by atoms with E-state index in [2.05, 4.69) is 15.3 Å². The van der Waals surface area contributed by atoms with Gasteiger partial charge in [0.2, 0.25) is 4.96 Å². The molecule has 2 N–H and O–H groups in total. The minimum Gasteiger partial charge on any atom is -0.398 e. The Kier molecular flexibility index (Phi) is 2.34. The van der Waals surface area contributed by atoms with Crippen LogP contribution in [0.4, 0.5) is 5.69 Å². The number of nitrogens with two attached hydrogens (primary N) is 1. The van der Waals surface area contributed by atoms with Crippen molar-refractivity contribution >= 4 is 22.0 Å². The van der Waals surface area contributed by atoms with E-state index in [4.69, 9.17) is 5.73 Å². The van der Waals surface area contributed by atoms with E-state index in [1.807, 2.05) is 25.1 Å². The molecule has 0 bridgehead atoms. The van der Waals surface area contributed by atoms with Gasteiger partial charge in [0.15, 0.2) is 0 Å². The predicted molar refractivity (Wildman–Crippen MR) is 69.5 cm³/mol. The van der Waals surface area contributed by atoms with E-state index in [1.165, 1.54) is 15.9 Å². The van der Waals surface area contributed by atoms with Crippen molar-refractivity contribution in [2.24, 2.45) is 0 Å². The number of fused-ring (bicyclic) bond motifs is 1. The molecule has 0 aliphatic heterocycles. The first kappa shape index (κ1) is 10.8. The molecule has 0 aliphatic carbocycles. The summed E-state index contributed by atoms with van der Waals surface area (Å²) in [5.41, 5.74) is 8.12.